The van der Waals surface area contributed by atoms with Gasteiger partial charge in [-0.05, 0) is 48.8 Å². The van der Waals surface area contributed by atoms with E-state index in [1.54, 1.807) is 10.9 Å². The molecule has 0 bridgehead atoms. The summed E-state index contributed by atoms with van der Waals surface area (Å²) >= 11 is 0. The lowest BCUT2D eigenvalue weighted by molar-refractivity contribution is 0.0942. The summed E-state index contributed by atoms with van der Waals surface area (Å²) in [6.07, 6.45) is 3.74. The molecule has 27 heavy (non-hydrogen) atoms. The van der Waals surface area contributed by atoms with Crippen molar-refractivity contribution in [2.45, 2.75) is 18.9 Å². The van der Waals surface area contributed by atoms with Gasteiger partial charge in [-0.1, -0.05) is 35.5 Å². The molecule has 2 N–H and O–H groups in total. The number of amides is 1. The van der Waals surface area contributed by atoms with Gasteiger partial charge in [0.15, 0.2) is 5.69 Å². The highest BCUT2D eigenvalue weighted by atomic mass is 16.5. The molecule has 140 valence electrons. The third-order valence-electron chi connectivity index (χ3n) is 4.80. The summed E-state index contributed by atoms with van der Waals surface area (Å²) < 4.78 is 7.54. The number of nitrogens with one attached hydrogen (secondary N) is 2. The number of aromatic nitrogens is 3. The number of rotatable bonds is 6. The van der Waals surface area contributed by atoms with Gasteiger partial charge in [0.2, 0.25) is 0 Å². The molecule has 0 saturated carbocycles. The van der Waals surface area contributed by atoms with Crippen LogP contribution in [-0.4, -0.2) is 47.1 Å². The molecule has 0 atom stereocenters. The second-order valence-corrected chi connectivity index (χ2v) is 6.68. The molecule has 7 heteroatoms. The molecule has 0 aliphatic carbocycles. The van der Waals surface area contributed by atoms with Crippen LogP contribution in [-0.2, 0) is 0 Å². The Morgan fingerprint density at radius 2 is 2.00 bits per heavy atom. The van der Waals surface area contributed by atoms with Crippen molar-refractivity contribution in [2.75, 3.05) is 26.2 Å². The van der Waals surface area contributed by atoms with Crippen molar-refractivity contribution in [3.8, 4) is 5.75 Å². The fourth-order valence-electron chi connectivity index (χ4n) is 3.31. The zero-order valence-corrected chi connectivity index (χ0v) is 15.1. The Kier molecular flexibility index (Phi) is 5.29. The van der Waals surface area contributed by atoms with Crippen LogP contribution in [0.2, 0.25) is 0 Å². The zero-order valence-electron chi connectivity index (χ0n) is 15.1. The Morgan fingerprint density at radius 1 is 1.19 bits per heavy atom. The van der Waals surface area contributed by atoms with E-state index in [9.17, 15) is 4.79 Å². The Bertz CT molecular complexity index is 917. The maximum absolute atomic E-state index is 12.2. The summed E-state index contributed by atoms with van der Waals surface area (Å²) in [5.41, 5.74) is 0.347. The summed E-state index contributed by atoms with van der Waals surface area (Å²) in [5.74, 6) is 0.567. The van der Waals surface area contributed by atoms with Gasteiger partial charge in [0.25, 0.3) is 5.91 Å². The first-order valence-electron chi connectivity index (χ1n) is 9.32. The van der Waals surface area contributed by atoms with Crippen LogP contribution in [0.15, 0.2) is 48.7 Å². The van der Waals surface area contributed by atoms with Crippen LogP contribution in [0, 0.1) is 0 Å². The fraction of sp³-hybridized carbons (Fsp3) is 0.350. The van der Waals surface area contributed by atoms with Crippen molar-refractivity contribution in [2.24, 2.45) is 0 Å². The van der Waals surface area contributed by atoms with E-state index in [1.807, 2.05) is 30.3 Å². The minimum Gasteiger partial charge on any atom is -0.492 e. The van der Waals surface area contributed by atoms with Gasteiger partial charge >= 0.3 is 0 Å². The summed E-state index contributed by atoms with van der Waals surface area (Å²) in [4.78, 5) is 12.2. The third-order valence-corrected chi connectivity index (χ3v) is 4.80. The van der Waals surface area contributed by atoms with E-state index in [-0.39, 0.29) is 5.91 Å². The highest BCUT2D eigenvalue weighted by molar-refractivity contribution is 5.91. The number of piperidine rings is 1. The second-order valence-electron chi connectivity index (χ2n) is 6.68. The number of nitrogens with zero attached hydrogens (tertiary/aromatic N) is 3. The first-order valence-corrected chi connectivity index (χ1v) is 9.32. The predicted molar refractivity (Wildman–Crippen MR) is 103 cm³/mol. The number of carbonyl (C=O) groups excluding carboxylic acids is 1. The van der Waals surface area contributed by atoms with E-state index in [1.165, 1.54) is 5.39 Å². The lowest BCUT2D eigenvalue weighted by Gasteiger charge is -2.22. The number of fused-ring (bicyclic) bond motifs is 1. The normalized spacial score (nSPS) is 15.0. The number of hydrogen-bond donors (Lipinski definition) is 2. The van der Waals surface area contributed by atoms with Crippen LogP contribution >= 0.6 is 0 Å². The zero-order chi connectivity index (χ0) is 18.5. The minimum absolute atomic E-state index is 0.225. The molecular formula is C20H23N5O2. The second kappa shape index (κ2) is 8.18. The van der Waals surface area contributed by atoms with Crippen molar-refractivity contribution in [1.82, 2.24) is 25.6 Å². The van der Waals surface area contributed by atoms with Crippen molar-refractivity contribution in [1.29, 1.82) is 0 Å². The van der Waals surface area contributed by atoms with E-state index >= 15 is 0 Å². The van der Waals surface area contributed by atoms with Gasteiger partial charge in [-0.2, -0.15) is 0 Å². The quantitative estimate of drug-likeness (QED) is 0.655. The molecule has 7 nitrogen and oxygen atoms in total. The van der Waals surface area contributed by atoms with Crippen molar-refractivity contribution in [3.05, 3.63) is 54.4 Å². The Morgan fingerprint density at radius 3 is 2.85 bits per heavy atom. The van der Waals surface area contributed by atoms with Gasteiger partial charge in [0.1, 0.15) is 12.4 Å². The molecule has 0 radical (unpaired) electrons. The van der Waals surface area contributed by atoms with Crippen LogP contribution in [0.1, 0.15) is 29.4 Å². The number of hydrogen-bond acceptors (Lipinski definition) is 5. The van der Waals surface area contributed by atoms with Gasteiger partial charge < -0.3 is 15.4 Å². The van der Waals surface area contributed by atoms with E-state index in [0.717, 1.165) is 37.1 Å². The molecule has 0 spiro atoms. The molecule has 4 rings (SSSR count). The van der Waals surface area contributed by atoms with Crippen LogP contribution in [0.5, 0.6) is 5.75 Å². The molecule has 1 aliphatic rings. The van der Waals surface area contributed by atoms with Crippen LogP contribution in [0.25, 0.3) is 10.8 Å². The average Bonchev–Trinajstić information content (AvgIpc) is 3.22. The van der Waals surface area contributed by atoms with Crippen LogP contribution in [0.4, 0.5) is 0 Å². The smallest absolute Gasteiger partial charge is 0.273 e. The monoisotopic (exact) mass is 365 g/mol. The number of benzene rings is 2. The molecular weight excluding hydrogens is 342 g/mol. The van der Waals surface area contributed by atoms with Crippen LogP contribution < -0.4 is 15.4 Å². The van der Waals surface area contributed by atoms with E-state index in [0.29, 0.717) is 24.9 Å². The van der Waals surface area contributed by atoms with E-state index in [4.69, 9.17) is 4.74 Å². The van der Waals surface area contributed by atoms with Gasteiger partial charge in [0.05, 0.1) is 18.8 Å². The topological polar surface area (TPSA) is 81.1 Å². The number of carbonyl (C=O) groups is 1. The minimum atomic E-state index is -0.225. The van der Waals surface area contributed by atoms with Gasteiger partial charge in [0, 0.05) is 0 Å². The Balaban J connectivity index is 1.26. The van der Waals surface area contributed by atoms with E-state index in [2.05, 4.69) is 33.1 Å². The Labute approximate surface area is 157 Å². The lowest BCUT2D eigenvalue weighted by Crippen LogP contribution is -2.30. The first-order chi connectivity index (χ1) is 13.3. The SMILES string of the molecule is O=C(NCCOc1ccc2ccccc2c1)c1cn(C2CCNCC2)nn1. The highest BCUT2D eigenvalue weighted by Gasteiger charge is 2.18. The van der Waals surface area contributed by atoms with Crippen molar-refractivity contribution in [3.63, 3.8) is 0 Å². The van der Waals surface area contributed by atoms with Gasteiger partial charge in [-0.25, -0.2) is 4.68 Å². The van der Waals surface area contributed by atoms with Crippen LogP contribution in [0.3, 0.4) is 0 Å². The molecule has 1 aliphatic heterocycles. The Hall–Kier alpha value is -2.93. The van der Waals surface area contributed by atoms with Gasteiger partial charge in [-0.3, -0.25) is 4.79 Å². The maximum Gasteiger partial charge on any atom is 0.273 e. The molecule has 1 aromatic heterocycles. The largest absolute Gasteiger partial charge is 0.492 e. The average molecular weight is 365 g/mol. The number of ether oxygens (including phenoxy) is 1. The highest BCUT2D eigenvalue weighted by Crippen LogP contribution is 2.20. The molecule has 1 fully saturated rings. The maximum atomic E-state index is 12.2. The predicted octanol–water partition coefficient (Wildman–Crippen LogP) is 2.16. The standard InChI is InChI=1S/C20H23N5O2/c26-20(19-14-25(24-23-19)17-7-9-21-10-8-17)22-11-12-27-18-6-5-15-3-1-2-4-16(15)13-18/h1-6,13-14,17,21H,7-12H2,(H,22,26). The summed E-state index contributed by atoms with van der Waals surface area (Å²) in [6.45, 7) is 2.74. The molecule has 2 heterocycles. The first kappa shape index (κ1) is 17.5. The molecule has 2 aromatic carbocycles. The molecule has 3 aromatic rings. The fourth-order valence-corrected chi connectivity index (χ4v) is 3.31. The molecule has 1 amide bonds. The molecule has 0 unspecified atom stereocenters. The third kappa shape index (κ3) is 4.25. The summed E-state index contributed by atoms with van der Waals surface area (Å²) in [5, 5.41) is 16.6. The molecule has 1 saturated heterocycles. The lowest BCUT2D eigenvalue weighted by atomic mass is 10.1. The summed E-state index contributed by atoms with van der Waals surface area (Å²) in [7, 11) is 0. The summed E-state index contributed by atoms with van der Waals surface area (Å²) in [6, 6.07) is 14.4. The van der Waals surface area contributed by atoms with E-state index < -0.39 is 0 Å². The van der Waals surface area contributed by atoms with Crippen molar-refractivity contribution >= 4 is 16.7 Å². The van der Waals surface area contributed by atoms with Gasteiger partial charge in [-0.15, -0.1) is 5.10 Å². The van der Waals surface area contributed by atoms with Crippen molar-refractivity contribution < 1.29 is 9.53 Å².